The highest BCUT2D eigenvalue weighted by atomic mass is 79.9. The first kappa shape index (κ1) is 97.1. The first-order chi connectivity index (χ1) is 67.6. The molecule has 139 heavy (non-hydrogen) atoms. The van der Waals surface area contributed by atoms with Gasteiger partial charge in [-0.05, 0) is 275 Å². The van der Waals surface area contributed by atoms with E-state index in [0.29, 0.717) is 46.1 Å². The Kier molecular flexibility index (Phi) is 30.3. The number of rotatable bonds is 12. The summed E-state index contributed by atoms with van der Waals surface area (Å²) in [6.07, 6.45) is 5.60. The minimum Gasteiger partial charge on any atom is -0.497 e. The summed E-state index contributed by atoms with van der Waals surface area (Å²) < 4.78 is 46.7. The molecule has 24 rings (SSSR count). The fourth-order valence-electron chi connectivity index (χ4n) is 20.4. The van der Waals surface area contributed by atoms with Crippen molar-refractivity contribution in [1.29, 1.82) is 0 Å². The molecule has 29 heteroatoms. The predicted molar refractivity (Wildman–Crippen MR) is 572 cm³/mol. The van der Waals surface area contributed by atoms with E-state index in [1.54, 1.807) is 27.4 Å². The Morgan fingerprint density at radius 3 is 1.13 bits per heavy atom. The number of amides is 3. The van der Waals surface area contributed by atoms with E-state index < -0.39 is 11.6 Å². The number of carbonyl (C=O) groups excluding carboxylic acids is 2. The van der Waals surface area contributed by atoms with Gasteiger partial charge < -0.3 is 80.5 Å². The van der Waals surface area contributed by atoms with Crippen molar-refractivity contribution < 1.29 is 32.6 Å². The number of fused-ring (bicyclic) bond motifs is 18. The van der Waals surface area contributed by atoms with Crippen LogP contribution in [0.2, 0.25) is 20.1 Å². The summed E-state index contributed by atoms with van der Waals surface area (Å²) >= 11 is 44.7. The molecule has 11 N–H and O–H groups in total. The Labute approximate surface area is 861 Å². The number of carbonyl (C=O) groups is 2. The van der Waals surface area contributed by atoms with Crippen LogP contribution in [-0.4, -0.2) is 131 Å². The number of nitrogens with zero attached hydrogens (tertiary/aromatic N) is 2. The Morgan fingerprint density at radius 2 is 0.705 bits per heavy atom. The van der Waals surface area contributed by atoms with Crippen molar-refractivity contribution >= 4 is 199 Å². The maximum Gasteiger partial charge on any atom is 0.318 e. The number of H-pyrrole nitrogens is 6. The van der Waals surface area contributed by atoms with Crippen molar-refractivity contribution in [2.45, 2.75) is 74.8 Å². The maximum atomic E-state index is 13.5. The van der Waals surface area contributed by atoms with Crippen LogP contribution >= 0.6 is 122 Å². The summed E-state index contributed by atoms with van der Waals surface area (Å²) in [5.41, 5.74) is 28.1. The summed E-state index contributed by atoms with van der Waals surface area (Å²) in [5.74, 6) is 0.363. The van der Waals surface area contributed by atoms with E-state index >= 15 is 0 Å². The lowest BCUT2D eigenvalue weighted by Gasteiger charge is -2.36. The predicted octanol–water partition coefficient (Wildman–Crippen LogP) is 26.9. The quantitative estimate of drug-likeness (QED) is 0.0523. The van der Waals surface area contributed by atoms with Crippen LogP contribution in [0.1, 0.15) is 137 Å². The number of halogens is 11. The molecule has 0 spiro atoms. The zero-order chi connectivity index (χ0) is 96.2. The van der Waals surface area contributed by atoms with Crippen molar-refractivity contribution in [2.75, 3.05) is 79.6 Å². The highest BCUT2D eigenvalue weighted by Gasteiger charge is 2.38. The average molecular weight is 2220 g/mol. The molecule has 0 saturated carbocycles. The molecule has 710 valence electrons. The fraction of sp³-hybridized carbons (Fsp3) is 0.218. The molecule has 3 amide bonds. The number of hydrogen-bond acceptors (Lipinski definition) is 9. The highest BCUT2D eigenvalue weighted by Crippen LogP contribution is 2.46. The maximum absolute atomic E-state index is 13.5. The number of aromatic nitrogens is 6. The molecule has 6 unspecified atom stereocenters. The standard InChI is InChI=1S/C21H21Cl2N3O2.C20H18BrClN2O2.C18H17BrN2O.C17H14Br2N2.C17H13ClF2N2.C17H15ClN2/c1-28-15-5-2-13(3-6-15)20-19-16(8-11-26(20)21(27)24-10-9-22)17-12-14(23)4-7-18(17)25-19;1-26-11-18(25)24-8-7-15-16-10-13(21)5-6-17(16)23-19(15)20(24)12-3-2-4-14(22)9-12;1-22-13-5-2-11(3-6-13)17-18-14(8-9-20-17)15-10-12(19)4-7-16(15)21-18;18-11-3-1-2-10(8-11)16-17-13(6-7-20-16)14-9-12(19)4-5-15(14)21-17;18-10-2-4-15-12(8-10)11-5-6-21-16(17(11)22-15)9-1-3-13(19)14(20)7-9;18-12-6-7-15-14(10-12)13-8-9-19-16(17(13)20-15)11-4-2-1-3-5-11/h2-7,12,20,25H,8-11H2,1H3,(H,24,27);2-6,9-10,20,23H,7-8,11H2,1H3;2-7,10,17,20-21H,8-9H2,1H3;1-5,8-9,16,20-21H,6-7H2;1-4,7-8,16,21-22H,5-6H2;1-7,10,16,19-20H,8-9H2. The highest BCUT2D eigenvalue weighted by molar-refractivity contribution is 9.11. The summed E-state index contributed by atoms with van der Waals surface area (Å²) in [6, 6.07) is 83.7. The Balaban J connectivity index is 0.000000107. The van der Waals surface area contributed by atoms with Gasteiger partial charge in [0.15, 0.2) is 11.6 Å². The monoisotopic (exact) mass is 2210 g/mol. The summed E-state index contributed by atoms with van der Waals surface area (Å²) in [7, 11) is 4.88. The van der Waals surface area contributed by atoms with E-state index in [-0.39, 0.29) is 54.8 Å². The largest absolute Gasteiger partial charge is 0.497 e. The third-order valence-electron chi connectivity index (χ3n) is 26.7. The fourth-order valence-corrected chi connectivity index (χ4v) is 22.7. The first-order valence-electron chi connectivity index (χ1n) is 46.1. The van der Waals surface area contributed by atoms with Gasteiger partial charge in [0.2, 0.25) is 5.91 Å². The molecular weight excluding hydrogens is 2120 g/mol. The number of hydrogen-bond donors (Lipinski definition) is 11. The van der Waals surface area contributed by atoms with Gasteiger partial charge in [-0.25, -0.2) is 13.6 Å². The van der Waals surface area contributed by atoms with Crippen LogP contribution in [0.4, 0.5) is 13.6 Å². The number of ether oxygens (including phenoxy) is 3. The molecule has 0 radical (unpaired) electrons. The van der Waals surface area contributed by atoms with Crippen LogP contribution in [0.3, 0.4) is 0 Å². The van der Waals surface area contributed by atoms with E-state index in [9.17, 15) is 18.4 Å². The van der Waals surface area contributed by atoms with Gasteiger partial charge in [0.25, 0.3) is 0 Å². The molecule has 18 aromatic rings. The number of benzene rings is 12. The van der Waals surface area contributed by atoms with Crippen LogP contribution < -0.4 is 36.1 Å². The van der Waals surface area contributed by atoms with Crippen molar-refractivity contribution in [1.82, 2.24) is 66.3 Å². The minimum absolute atomic E-state index is 0.0250. The van der Waals surface area contributed by atoms with Gasteiger partial charge in [0.05, 0.1) is 50.5 Å². The van der Waals surface area contributed by atoms with E-state index in [4.69, 9.17) is 72.2 Å². The molecule has 6 aliphatic rings. The van der Waals surface area contributed by atoms with Crippen LogP contribution in [0.5, 0.6) is 11.5 Å². The zero-order valence-electron chi connectivity index (χ0n) is 75.9. The van der Waals surface area contributed by atoms with Crippen molar-refractivity contribution in [2.24, 2.45) is 0 Å². The van der Waals surface area contributed by atoms with Crippen molar-refractivity contribution in [3.8, 4) is 11.5 Å². The molecule has 6 atom stereocenters. The van der Waals surface area contributed by atoms with Crippen LogP contribution in [-0.2, 0) is 48.1 Å². The minimum atomic E-state index is -0.830. The molecular formula is C110H98Br4Cl5F2N13O5. The van der Waals surface area contributed by atoms with Gasteiger partial charge in [-0.2, -0.15) is 0 Å². The SMILES string of the molecule is Brc1cccc(C2NCCc3c2[nH]c2ccc(Br)cc32)c1.COCC(=O)N1CCc2c([nH]c3ccc(Br)cc23)C1c1cccc(Cl)c1.COc1ccc(C2NCCc3c2[nH]c2ccc(Br)cc32)cc1.COc1ccc(C2c3[nH]c4ccc(Cl)cc4c3CCN2C(=O)NCCCl)cc1.Clc1ccc2[nH]c3c(c2c1)CCNC3c1ccccc1.Fc1ccc(C2NCCc3c2[nH]c2ccc(Cl)cc32)cc1F. The molecule has 6 aromatic heterocycles. The summed E-state index contributed by atoms with van der Waals surface area (Å²) in [4.78, 5) is 50.5. The molecule has 12 heterocycles. The topological polar surface area (TPSA) is 223 Å². The van der Waals surface area contributed by atoms with Crippen LogP contribution in [0.25, 0.3) is 65.4 Å². The van der Waals surface area contributed by atoms with Gasteiger partial charge in [0.1, 0.15) is 18.1 Å². The second kappa shape index (κ2) is 43.4. The van der Waals surface area contributed by atoms with E-state index in [1.165, 1.54) is 117 Å². The normalized spacial score (nSPS) is 17.3. The lowest BCUT2D eigenvalue weighted by Crippen LogP contribution is -2.46. The lowest BCUT2D eigenvalue weighted by atomic mass is 9.92. The number of methoxy groups -OCH3 is 3. The van der Waals surface area contributed by atoms with Crippen LogP contribution in [0.15, 0.2) is 273 Å². The summed E-state index contributed by atoms with van der Waals surface area (Å²) in [5, 5.41) is 27.3. The Bertz CT molecular complexity index is 7560. The molecule has 18 nitrogen and oxygen atoms in total. The van der Waals surface area contributed by atoms with Crippen molar-refractivity contribution in [3.63, 3.8) is 0 Å². The Hall–Kier alpha value is -10.8. The van der Waals surface area contributed by atoms with Crippen LogP contribution in [0, 0.1) is 11.6 Å². The third kappa shape index (κ3) is 20.9. The smallest absolute Gasteiger partial charge is 0.318 e. The van der Waals surface area contributed by atoms with E-state index in [0.717, 1.165) is 155 Å². The molecule has 0 saturated heterocycles. The van der Waals surface area contributed by atoms with E-state index in [2.05, 4.69) is 248 Å². The molecule has 0 bridgehead atoms. The number of nitrogens with one attached hydrogen (secondary N) is 11. The summed E-state index contributed by atoms with van der Waals surface area (Å²) in [6.45, 7) is 5.51. The third-order valence-corrected chi connectivity index (χ3v) is 29.8. The van der Waals surface area contributed by atoms with Gasteiger partial charge in [-0.1, -0.05) is 195 Å². The molecule has 6 aliphatic heterocycles. The lowest BCUT2D eigenvalue weighted by molar-refractivity contribution is -0.137. The van der Waals surface area contributed by atoms with Gasteiger partial charge in [0, 0.05) is 196 Å². The Morgan fingerprint density at radius 1 is 0.353 bits per heavy atom. The zero-order valence-corrected chi connectivity index (χ0v) is 86.0. The second-order valence-corrected chi connectivity index (χ2v) is 40.8. The molecule has 12 aromatic carbocycles. The number of alkyl halides is 1. The van der Waals surface area contributed by atoms with Gasteiger partial charge in [-0.15, -0.1) is 11.6 Å². The number of urea groups is 1. The van der Waals surface area contributed by atoms with Gasteiger partial charge in [-0.3, -0.25) is 4.79 Å². The average Bonchev–Trinajstić information content (AvgIpc) is 1.62. The molecule has 0 aliphatic carbocycles. The van der Waals surface area contributed by atoms with Crippen molar-refractivity contribution in [3.05, 3.63) is 405 Å². The second-order valence-electron chi connectivity index (χ2n) is 35.0. The first-order valence-corrected chi connectivity index (χ1v) is 51.3. The van der Waals surface area contributed by atoms with E-state index in [1.807, 2.05) is 119 Å². The molecule has 0 fully saturated rings. The van der Waals surface area contributed by atoms with Gasteiger partial charge >= 0.3 is 6.03 Å². The number of aromatic amines is 6.